The molecule has 5 nitrogen and oxygen atoms in total. The molecule has 4 aromatic rings. The molecular weight excluding hydrogens is 401 g/mol. The van der Waals surface area contributed by atoms with Gasteiger partial charge in [0.15, 0.2) is 11.7 Å². The number of aromatic nitrogens is 1. The van der Waals surface area contributed by atoms with Gasteiger partial charge >= 0.3 is 0 Å². The molecule has 0 fully saturated rings. The maximum atomic E-state index is 13.3. The Balaban J connectivity index is 1.34. The van der Waals surface area contributed by atoms with Crippen molar-refractivity contribution in [1.82, 2.24) is 4.98 Å². The number of nitrogens with one attached hydrogen (secondary N) is 2. The lowest BCUT2D eigenvalue weighted by Gasteiger charge is -2.08. The summed E-state index contributed by atoms with van der Waals surface area (Å²) < 4.78 is 18.7. The lowest BCUT2D eigenvalue weighted by Crippen LogP contribution is -2.20. The Kier molecular flexibility index (Phi) is 6.01. The zero-order valence-electron chi connectivity index (χ0n) is 15.8. The van der Waals surface area contributed by atoms with Gasteiger partial charge < -0.3 is 15.4 Å². The summed E-state index contributed by atoms with van der Waals surface area (Å²) in [4.78, 5) is 16.6. The van der Waals surface area contributed by atoms with Crippen LogP contribution in [0.3, 0.4) is 0 Å². The predicted octanol–water partition coefficient (Wildman–Crippen LogP) is 5.71. The van der Waals surface area contributed by atoms with E-state index in [-0.39, 0.29) is 18.3 Å². The first-order chi connectivity index (χ1) is 14.7. The lowest BCUT2D eigenvalue weighted by atomic mass is 10.1. The van der Waals surface area contributed by atoms with Crippen LogP contribution >= 0.6 is 11.3 Å². The number of carbonyl (C=O) groups excluding carboxylic acids is 1. The smallest absolute Gasteiger partial charge is 0.262 e. The van der Waals surface area contributed by atoms with Crippen LogP contribution < -0.4 is 15.4 Å². The Morgan fingerprint density at radius 2 is 1.77 bits per heavy atom. The first kappa shape index (κ1) is 19.6. The summed E-state index contributed by atoms with van der Waals surface area (Å²) >= 11 is 1.43. The predicted molar refractivity (Wildman–Crippen MR) is 118 cm³/mol. The number of anilines is 3. The average molecular weight is 419 g/mol. The number of halogens is 1. The molecule has 0 unspecified atom stereocenters. The van der Waals surface area contributed by atoms with E-state index in [1.54, 1.807) is 24.3 Å². The molecule has 0 atom stereocenters. The molecular formula is C23H18FN3O2S. The van der Waals surface area contributed by atoms with Gasteiger partial charge in [0.05, 0.1) is 5.69 Å². The average Bonchev–Trinajstić information content (AvgIpc) is 3.22. The van der Waals surface area contributed by atoms with Crippen molar-refractivity contribution >= 4 is 33.8 Å². The second-order valence-electron chi connectivity index (χ2n) is 6.40. The fourth-order valence-corrected chi connectivity index (χ4v) is 3.48. The van der Waals surface area contributed by atoms with Crippen molar-refractivity contribution in [3.8, 4) is 17.0 Å². The Bertz CT molecular complexity index is 1130. The fraction of sp³-hybridized carbons (Fsp3) is 0.0435. The number of amides is 1. The van der Waals surface area contributed by atoms with Gasteiger partial charge in [0.2, 0.25) is 0 Å². The van der Waals surface area contributed by atoms with Crippen LogP contribution in [-0.4, -0.2) is 17.5 Å². The number of ether oxygens (including phenoxy) is 1. The Hall–Kier alpha value is -3.71. The third-order valence-electron chi connectivity index (χ3n) is 4.16. The number of hydrogen-bond acceptors (Lipinski definition) is 5. The maximum Gasteiger partial charge on any atom is 0.262 e. The number of benzene rings is 3. The van der Waals surface area contributed by atoms with Gasteiger partial charge in [-0.1, -0.05) is 36.4 Å². The van der Waals surface area contributed by atoms with E-state index in [1.165, 1.54) is 23.5 Å². The first-order valence-electron chi connectivity index (χ1n) is 9.22. The molecule has 30 heavy (non-hydrogen) atoms. The van der Waals surface area contributed by atoms with Crippen LogP contribution in [0.2, 0.25) is 0 Å². The molecule has 1 aromatic heterocycles. The van der Waals surface area contributed by atoms with E-state index in [4.69, 9.17) is 4.74 Å². The first-order valence-corrected chi connectivity index (χ1v) is 10.1. The number of nitrogens with zero attached hydrogens (tertiary/aromatic N) is 1. The van der Waals surface area contributed by atoms with Crippen LogP contribution in [0.25, 0.3) is 11.3 Å². The summed E-state index contributed by atoms with van der Waals surface area (Å²) in [5.41, 5.74) is 3.03. The van der Waals surface area contributed by atoms with E-state index >= 15 is 0 Å². The molecule has 4 rings (SSSR count). The SMILES string of the molecule is O=C(COc1ccccc1)Nc1ccc(-c2csc(Nc3cccc(F)c3)n2)cc1. The van der Waals surface area contributed by atoms with Crippen molar-refractivity contribution < 1.29 is 13.9 Å². The van der Waals surface area contributed by atoms with E-state index in [2.05, 4.69) is 15.6 Å². The molecule has 0 aliphatic heterocycles. The van der Waals surface area contributed by atoms with Gasteiger partial charge in [-0.25, -0.2) is 9.37 Å². The molecule has 7 heteroatoms. The molecule has 0 aliphatic carbocycles. The number of para-hydroxylation sites is 1. The summed E-state index contributed by atoms with van der Waals surface area (Å²) in [6, 6.07) is 22.8. The Morgan fingerprint density at radius 1 is 0.967 bits per heavy atom. The van der Waals surface area contributed by atoms with Crippen LogP contribution in [0.15, 0.2) is 84.2 Å². The second kappa shape index (κ2) is 9.19. The number of hydrogen-bond donors (Lipinski definition) is 2. The van der Waals surface area contributed by atoms with E-state index in [0.717, 1.165) is 11.3 Å². The van der Waals surface area contributed by atoms with Crippen molar-refractivity contribution in [2.75, 3.05) is 17.2 Å². The van der Waals surface area contributed by atoms with Crippen molar-refractivity contribution in [3.05, 3.63) is 90.1 Å². The molecule has 0 aliphatic rings. The number of rotatable bonds is 7. The van der Waals surface area contributed by atoms with Crippen molar-refractivity contribution in [1.29, 1.82) is 0 Å². The van der Waals surface area contributed by atoms with Gasteiger partial charge in [-0.2, -0.15) is 0 Å². The third-order valence-corrected chi connectivity index (χ3v) is 4.92. The Morgan fingerprint density at radius 3 is 2.53 bits per heavy atom. The van der Waals surface area contributed by atoms with Crippen LogP contribution in [0, 0.1) is 5.82 Å². The van der Waals surface area contributed by atoms with Crippen molar-refractivity contribution in [2.24, 2.45) is 0 Å². The summed E-state index contributed by atoms with van der Waals surface area (Å²) in [5, 5.41) is 8.49. The topological polar surface area (TPSA) is 63.2 Å². The molecule has 0 saturated carbocycles. The number of thiazole rings is 1. The van der Waals surface area contributed by atoms with Crippen LogP contribution in [0.5, 0.6) is 5.75 Å². The molecule has 3 aromatic carbocycles. The Labute approximate surface area is 177 Å². The normalized spacial score (nSPS) is 10.4. The minimum atomic E-state index is -0.302. The fourth-order valence-electron chi connectivity index (χ4n) is 2.74. The molecule has 0 spiro atoms. The van der Waals surface area contributed by atoms with Crippen LogP contribution in [0.1, 0.15) is 0 Å². The molecule has 150 valence electrons. The minimum absolute atomic E-state index is 0.0625. The second-order valence-corrected chi connectivity index (χ2v) is 7.26. The van der Waals surface area contributed by atoms with Gasteiger partial charge in [0, 0.05) is 22.3 Å². The van der Waals surface area contributed by atoms with Gasteiger partial charge in [0.25, 0.3) is 5.91 Å². The zero-order valence-corrected chi connectivity index (χ0v) is 16.7. The van der Waals surface area contributed by atoms with E-state index < -0.39 is 0 Å². The summed E-state index contributed by atoms with van der Waals surface area (Å²) in [6.45, 7) is -0.0625. The van der Waals surface area contributed by atoms with Crippen molar-refractivity contribution in [3.63, 3.8) is 0 Å². The molecule has 0 radical (unpaired) electrons. The largest absolute Gasteiger partial charge is 0.484 e. The minimum Gasteiger partial charge on any atom is -0.484 e. The van der Waals surface area contributed by atoms with Crippen LogP contribution in [-0.2, 0) is 4.79 Å². The quantitative estimate of drug-likeness (QED) is 0.403. The standard InChI is InChI=1S/C23H18FN3O2S/c24-17-5-4-6-19(13-17)26-23-27-21(15-30-23)16-9-11-18(12-10-16)25-22(28)14-29-20-7-2-1-3-8-20/h1-13,15H,14H2,(H,25,28)(H,26,27). The van der Waals surface area contributed by atoms with E-state index in [0.29, 0.717) is 22.3 Å². The van der Waals surface area contributed by atoms with E-state index in [9.17, 15) is 9.18 Å². The highest BCUT2D eigenvalue weighted by Crippen LogP contribution is 2.28. The molecule has 1 amide bonds. The monoisotopic (exact) mass is 419 g/mol. The van der Waals surface area contributed by atoms with Crippen molar-refractivity contribution in [2.45, 2.75) is 0 Å². The third kappa shape index (κ3) is 5.21. The summed E-state index contributed by atoms with van der Waals surface area (Å²) in [5.74, 6) is 0.111. The van der Waals surface area contributed by atoms with Gasteiger partial charge in [-0.15, -0.1) is 11.3 Å². The summed E-state index contributed by atoms with van der Waals surface area (Å²) in [6.07, 6.45) is 0. The van der Waals surface area contributed by atoms with E-state index in [1.807, 2.05) is 47.8 Å². The lowest BCUT2D eigenvalue weighted by molar-refractivity contribution is -0.118. The highest BCUT2D eigenvalue weighted by Gasteiger charge is 2.07. The molecule has 1 heterocycles. The highest BCUT2D eigenvalue weighted by molar-refractivity contribution is 7.14. The molecule has 0 saturated heterocycles. The van der Waals surface area contributed by atoms with Crippen LogP contribution in [0.4, 0.5) is 20.9 Å². The van der Waals surface area contributed by atoms with Gasteiger partial charge in [0.1, 0.15) is 11.6 Å². The summed E-state index contributed by atoms with van der Waals surface area (Å²) in [7, 11) is 0. The van der Waals surface area contributed by atoms with Gasteiger partial charge in [-0.3, -0.25) is 4.79 Å². The maximum absolute atomic E-state index is 13.3. The van der Waals surface area contributed by atoms with Gasteiger partial charge in [-0.05, 0) is 42.5 Å². The molecule has 0 bridgehead atoms. The highest BCUT2D eigenvalue weighted by atomic mass is 32.1. The molecule has 2 N–H and O–H groups in total. The number of carbonyl (C=O) groups is 1. The zero-order chi connectivity index (χ0) is 20.8.